The van der Waals surface area contributed by atoms with Gasteiger partial charge in [-0.2, -0.15) is 0 Å². The van der Waals surface area contributed by atoms with Crippen molar-refractivity contribution >= 4 is 46.7 Å². The van der Waals surface area contributed by atoms with Crippen molar-refractivity contribution in [1.82, 2.24) is 15.1 Å². The van der Waals surface area contributed by atoms with Crippen molar-refractivity contribution in [2.45, 2.75) is 27.6 Å². The monoisotopic (exact) mass is 468 g/mol. The molecule has 0 aliphatic rings. The van der Waals surface area contributed by atoms with Crippen molar-refractivity contribution in [2.75, 3.05) is 5.32 Å². The van der Waals surface area contributed by atoms with Crippen LogP contribution in [0.5, 0.6) is 0 Å². The molecule has 3 aromatic heterocycles. The zero-order chi connectivity index (χ0) is 21.6. The van der Waals surface area contributed by atoms with E-state index in [1.165, 1.54) is 23.5 Å². The van der Waals surface area contributed by atoms with Crippen molar-refractivity contribution in [2.24, 2.45) is 0 Å². The molecule has 0 unspecified atom stereocenters. The normalized spacial score (nSPS) is 10.8. The second-order valence-corrected chi connectivity index (χ2v) is 8.88. The van der Waals surface area contributed by atoms with E-state index in [0.29, 0.717) is 27.1 Å². The molecule has 4 rings (SSSR count). The van der Waals surface area contributed by atoms with Crippen LogP contribution in [-0.4, -0.2) is 21.0 Å². The second-order valence-electron chi connectivity index (χ2n) is 6.44. The first-order valence-electron chi connectivity index (χ1n) is 9.28. The number of amides is 1. The van der Waals surface area contributed by atoms with E-state index in [1.54, 1.807) is 30.6 Å². The standard InChI is InChI=1S/C22H17ClN4O2S2/c1-14-11-16(27-29-14)13-30-22-17(5-4-10-25-22)21(28)26-15-7-8-19(18(23)12-15)31-20-6-2-3-9-24-20/h2-12H,13H2,1H3,(H,26,28). The Hall–Kier alpha value is -2.81. The van der Waals surface area contributed by atoms with Crippen molar-refractivity contribution in [3.8, 4) is 0 Å². The lowest BCUT2D eigenvalue weighted by Gasteiger charge is -2.10. The maximum absolute atomic E-state index is 12.9. The molecule has 0 bridgehead atoms. The third kappa shape index (κ3) is 5.66. The van der Waals surface area contributed by atoms with Gasteiger partial charge in [0.05, 0.1) is 16.3 Å². The first kappa shape index (κ1) is 21.4. The molecular formula is C22H17ClN4O2S2. The number of aromatic nitrogens is 3. The topological polar surface area (TPSA) is 80.9 Å². The van der Waals surface area contributed by atoms with Gasteiger partial charge < -0.3 is 9.84 Å². The number of pyridine rings is 2. The van der Waals surface area contributed by atoms with Gasteiger partial charge in [-0.1, -0.05) is 46.3 Å². The van der Waals surface area contributed by atoms with Crippen LogP contribution >= 0.6 is 35.1 Å². The van der Waals surface area contributed by atoms with Gasteiger partial charge in [0.1, 0.15) is 15.8 Å². The van der Waals surface area contributed by atoms with Crippen LogP contribution in [0.25, 0.3) is 0 Å². The molecular weight excluding hydrogens is 452 g/mol. The number of carbonyl (C=O) groups is 1. The largest absolute Gasteiger partial charge is 0.361 e. The summed E-state index contributed by atoms with van der Waals surface area (Å²) in [5, 5.41) is 8.88. The van der Waals surface area contributed by atoms with E-state index < -0.39 is 0 Å². The zero-order valence-corrected chi connectivity index (χ0v) is 18.8. The Morgan fingerprint density at radius 3 is 2.71 bits per heavy atom. The summed E-state index contributed by atoms with van der Waals surface area (Å²) in [5.74, 6) is 1.05. The molecule has 0 aliphatic carbocycles. The fourth-order valence-electron chi connectivity index (χ4n) is 2.69. The first-order chi connectivity index (χ1) is 15.1. The van der Waals surface area contributed by atoms with Crippen LogP contribution in [0.4, 0.5) is 5.69 Å². The van der Waals surface area contributed by atoms with E-state index in [-0.39, 0.29) is 5.91 Å². The zero-order valence-electron chi connectivity index (χ0n) is 16.4. The van der Waals surface area contributed by atoms with E-state index in [1.807, 2.05) is 43.3 Å². The number of aryl methyl sites for hydroxylation is 1. The number of thioether (sulfide) groups is 1. The number of halogens is 1. The average molecular weight is 469 g/mol. The smallest absolute Gasteiger partial charge is 0.258 e. The summed E-state index contributed by atoms with van der Waals surface area (Å²) in [4.78, 5) is 22.4. The van der Waals surface area contributed by atoms with Gasteiger partial charge in [0, 0.05) is 34.8 Å². The minimum absolute atomic E-state index is 0.256. The van der Waals surface area contributed by atoms with Crippen molar-refractivity contribution in [3.63, 3.8) is 0 Å². The van der Waals surface area contributed by atoms with Gasteiger partial charge in [-0.3, -0.25) is 4.79 Å². The van der Waals surface area contributed by atoms with Gasteiger partial charge in [-0.25, -0.2) is 9.97 Å². The van der Waals surface area contributed by atoms with E-state index >= 15 is 0 Å². The Morgan fingerprint density at radius 1 is 1.10 bits per heavy atom. The molecule has 4 aromatic rings. The van der Waals surface area contributed by atoms with E-state index in [0.717, 1.165) is 21.4 Å². The highest BCUT2D eigenvalue weighted by molar-refractivity contribution is 7.99. The molecule has 0 fully saturated rings. The van der Waals surface area contributed by atoms with Crippen molar-refractivity contribution in [3.05, 3.63) is 89.0 Å². The van der Waals surface area contributed by atoms with Crippen LogP contribution < -0.4 is 5.32 Å². The third-order valence-electron chi connectivity index (χ3n) is 4.09. The molecule has 31 heavy (non-hydrogen) atoms. The van der Waals surface area contributed by atoms with Gasteiger partial charge in [0.15, 0.2) is 0 Å². The SMILES string of the molecule is Cc1cc(CSc2ncccc2C(=O)Nc2ccc(Sc3ccccn3)c(Cl)c2)no1. The van der Waals surface area contributed by atoms with Crippen molar-refractivity contribution < 1.29 is 9.32 Å². The van der Waals surface area contributed by atoms with Crippen LogP contribution in [0.2, 0.25) is 5.02 Å². The maximum atomic E-state index is 12.9. The molecule has 9 heteroatoms. The number of carbonyl (C=O) groups excluding carboxylic acids is 1. The summed E-state index contributed by atoms with van der Waals surface area (Å²) in [6.07, 6.45) is 3.39. The summed E-state index contributed by atoms with van der Waals surface area (Å²) in [6, 6.07) is 16.4. The molecule has 0 spiro atoms. The maximum Gasteiger partial charge on any atom is 0.258 e. The molecule has 1 aromatic carbocycles. The summed E-state index contributed by atoms with van der Waals surface area (Å²) < 4.78 is 5.09. The highest BCUT2D eigenvalue weighted by Crippen LogP contribution is 2.34. The molecule has 3 heterocycles. The minimum Gasteiger partial charge on any atom is -0.361 e. The van der Waals surface area contributed by atoms with E-state index in [2.05, 4.69) is 20.4 Å². The molecule has 1 amide bonds. The summed E-state index contributed by atoms with van der Waals surface area (Å²) in [5.41, 5.74) is 1.88. The number of rotatable bonds is 7. The molecule has 0 aliphatic heterocycles. The molecule has 156 valence electrons. The number of hydrogen-bond acceptors (Lipinski definition) is 7. The highest BCUT2D eigenvalue weighted by atomic mass is 35.5. The molecule has 1 N–H and O–H groups in total. The van der Waals surface area contributed by atoms with Gasteiger partial charge in [-0.15, -0.1) is 0 Å². The second kappa shape index (κ2) is 10.00. The number of anilines is 1. The number of hydrogen-bond donors (Lipinski definition) is 1. The molecule has 0 atom stereocenters. The molecule has 0 saturated heterocycles. The molecule has 6 nitrogen and oxygen atoms in total. The summed E-state index contributed by atoms with van der Waals surface area (Å²) in [6.45, 7) is 1.84. The van der Waals surface area contributed by atoms with Crippen LogP contribution in [0.1, 0.15) is 21.8 Å². The predicted octanol–water partition coefficient (Wildman–Crippen LogP) is 6.12. The fraction of sp³-hybridized carbons (Fsp3) is 0.0909. The lowest BCUT2D eigenvalue weighted by molar-refractivity contribution is 0.102. The van der Waals surface area contributed by atoms with Gasteiger partial charge in [0.25, 0.3) is 5.91 Å². The highest BCUT2D eigenvalue weighted by Gasteiger charge is 2.15. The lowest BCUT2D eigenvalue weighted by Crippen LogP contribution is -2.13. The Kier molecular flexibility index (Phi) is 6.91. The average Bonchev–Trinajstić information content (AvgIpc) is 3.20. The van der Waals surface area contributed by atoms with Crippen LogP contribution in [0.3, 0.4) is 0 Å². The predicted molar refractivity (Wildman–Crippen MR) is 123 cm³/mol. The third-order valence-corrected chi connectivity index (χ3v) is 6.58. The quantitative estimate of drug-likeness (QED) is 0.327. The number of benzene rings is 1. The Bertz CT molecular complexity index is 1200. The van der Waals surface area contributed by atoms with Gasteiger partial charge in [-0.05, 0) is 49.4 Å². The van der Waals surface area contributed by atoms with Crippen LogP contribution in [0, 0.1) is 6.92 Å². The number of nitrogens with one attached hydrogen (secondary N) is 1. The van der Waals surface area contributed by atoms with E-state index in [9.17, 15) is 4.79 Å². The van der Waals surface area contributed by atoms with Crippen molar-refractivity contribution in [1.29, 1.82) is 0 Å². The minimum atomic E-state index is -0.256. The summed E-state index contributed by atoms with van der Waals surface area (Å²) in [7, 11) is 0. The van der Waals surface area contributed by atoms with Crippen LogP contribution in [0.15, 0.2) is 86.5 Å². The Labute approximate surface area is 192 Å². The molecule has 0 saturated carbocycles. The molecule has 0 radical (unpaired) electrons. The van der Waals surface area contributed by atoms with Gasteiger partial charge in [0.2, 0.25) is 0 Å². The number of nitrogens with zero attached hydrogens (tertiary/aromatic N) is 3. The summed E-state index contributed by atoms with van der Waals surface area (Å²) >= 11 is 9.32. The first-order valence-corrected chi connectivity index (χ1v) is 11.5. The van der Waals surface area contributed by atoms with Gasteiger partial charge >= 0.3 is 0 Å². The Balaban J connectivity index is 1.45. The van der Waals surface area contributed by atoms with E-state index in [4.69, 9.17) is 16.1 Å². The van der Waals surface area contributed by atoms with Crippen LogP contribution in [-0.2, 0) is 5.75 Å². The Morgan fingerprint density at radius 2 is 1.97 bits per heavy atom. The fourth-order valence-corrected chi connectivity index (χ4v) is 4.63. The lowest BCUT2D eigenvalue weighted by atomic mass is 10.2.